The SMILES string of the molecule is C/C=c1/cccc(C)c1=C(C)C. The minimum atomic E-state index is 1.34. The lowest BCUT2D eigenvalue weighted by Crippen LogP contribution is -2.28. The summed E-state index contributed by atoms with van der Waals surface area (Å²) in [5, 5.41) is 2.75. The maximum Gasteiger partial charge on any atom is -0.0172 e. The Hall–Kier alpha value is -1.04. The molecule has 0 fully saturated rings. The summed E-state index contributed by atoms with van der Waals surface area (Å²) < 4.78 is 0. The van der Waals surface area contributed by atoms with E-state index in [1.807, 2.05) is 0 Å². The first-order valence-electron chi connectivity index (χ1n) is 4.36. The molecule has 0 spiro atoms. The summed E-state index contributed by atoms with van der Waals surface area (Å²) >= 11 is 0. The molecule has 0 aliphatic rings. The van der Waals surface area contributed by atoms with E-state index in [-0.39, 0.29) is 0 Å². The van der Waals surface area contributed by atoms with Crippen LogP contribution in [0.4, 0.5) is 0 Å². The molecule has 0 unspecified atom stereocenters. The second kappa shape index (κ2) is 3.57. The van der Waals surface area contributed by atoms with Gasteiger partial charge in [0.25, 0.3) is 0 Å². The molecule has 0 aromatic heterocycles. The maximum atomic E-state index is 2.16. The van der Waals surface area contributed by atoms with Gasteiger partial charge in [0.2, 0.25) is 0 Å². The molecule has 0 aliphatic heterocycles. The van der Waals surface area contributed by atoms with E-state index in [1.54, 1.807) is 0 Å². The van der Waals surface area contributed by atoms with E-state index in [0.29, 0.717) is 0 Å². The Bertz CT molecular complexity index is 379. The lowest BCUT2D eigenvalue weighted by atomic mass is 10.1. The highest BCUT2D eigenvalue weighted by Gasteiger charge is 1.90. The predicted molar refractivity (Wildman–Crippen MR) is 55.3 cm³/mol. The number of rotatable bonds is 0. The van der Waals surface area contributed by atoms with Gasteiger partial charge in [0, 0.05) is 0 Å². The van der Waals surface area contributed by atoms with Crippen molar-refractivity contribution in [2.24, 2.45) is 0 Å². The topological polar surface area (TPSA) is 0 Å². The minimum absolute atomic E-state index is 1.34. The van der Waals surface area contributed by atoms with Crippen molar-refractivity contribution in [3.63, 3.8) is 0 Å². The van der Waals surface area contributed by atoms with Crippen LogP contribution in [-0.4, -0.2) is 0 Å². The molecule has 0 heterocycles. The molecule has 0 bridgehead atoms. The van der Waals surface area contributed by atoms with E-state index in [1.165, 1.54) is 21.6 Å². The van der Waals surface area contributed by atoms with Crippen LogP contribution in [0.3, 0.4) is 0 Å². The Morgan fingerprint density at radius 3 is 2.33 bits per heavy atom. The number of hydrogen-bond donors (Lipinski definition) is 0. The van der Waals surface area contributed by atoms with Crippen LogP contribution in [0.5, 0.6) is 0 Å². The van der Waals surface area contributed by atoms with E-state index in [9.17, 15) is 0 Å². The van der Waals surface area contributed by atoms with Gasteiger partial charge in [-0.15, -0.1) is 0 Å². The van der Waals surface area contributed by atoms with E-state index >= 15 is 0 Å². The molecule has 1 aromatic carbocycles. The van der Waals surface area contributed by atoms with Crippen LogP contribution in [0.15, 0.2) is 18.2 Å². The fraction of sp³-hybridized carbons (Fsp3) is 0.333. The van der Waals surface area contributed by atoms with Gasteiger partial charge in [-0.05, 0) is 43.7 Å². The van der Waals surface area contributed by atoms with Crippen molar-refractivity contribution in [2.45, 2.75) is 27.7 Å². The lowest BCUT2D eigenvalue weighted by Gasteiger charge is -1.98. The Labute approximate surface area is 74.2 Å². The van der Waals surface area contributed by atoms with Gasteiger partial charge >= 0.3 is 0 Å². The molecule has 0 nitrogen and oxygen atoms in total. The summed E-state index contributed by atoms with van der Waals surface area (Å²) in [6, 6.07) is 6.43. The quantitative estimate of drug-likeness (QED) is 0.544. The highest BCUT2D eigenvalue weighted by atomic mass is 14.0. The summed E-state index contributed by atoms with van der Waals surface area (Å²) in [5.74, 6) is 0. The van der Waals surface area contributed by atoms with E-state index in [4.69, 9.17) is 0 Å². The summed E-state index contributed by atoms with van der Waals surface area (Å²) in [4.78, 5) is 0. The molecule has 0 atom stereocenters. The standard InChI is InChI=1S/C12H16/c1-5-11-8-6-7-10(4)12(11)9(2)3/h5-8H,1-4H3/b11-5-. The van der Waals surface area contributed by atoms with Crippen LogP contribution in [0, 0.1) is 6.92 Å². The molecule has 0 heteroatoms. The second-order valence-electron chi connectivity index (χ2n) is 3.33. The van der Waals surface area contributed by atoms with Crippen molar-refractivity contribution in [3.8, 4) is 0 Å². The van der Waals surface area contributed by atoms with Crippen molar-refractivity contribution >= 4 is 11.6 Å². The zero-order chi connectivity index (χ0) is 9.14. The molecule has 0 saturated carbocycles. The van der Waals surface area contributed by atoms with Crippen LogP contribution < -0.4 is 10.4 Å². The summed E-state index contributed by atoms with van der Waals surface area (Å²) in [7, 11) is 0. The van der Waals surface area contributed by atoms with Gasteiger partial charge in [-0.25, -0.2) is 0 Å². The van der Waals surface area contributed by atoms with E-state index in [2.05, 4.69) is 52.0 Å². The first-order chi connectivity index (χ1) is 5.66. The van der Waals surface area contributed by atoms with Crippen LogP contribution in [0.1, 0.15) is 26.3 Å². The maximum absolute atomic E-state index is 2.16. The Morgan fingerprint density at radius 2 is 1.92 bits per heavy atom. The van der Waals surface area contributed by atoms with Crippen molar-refractivity contribution in [2.75, 3.05) is 0 Å². The van der Waals surface area contributed by atoms with Gasteiger partial charge in [0.05, 0.1) is 0 Å². The van der Waals surface area contributed by atoms with Gasteiger partial charge in [0.1, 0.15) is 0 Å². The predicted octanol–water partition coefficient (Wildman–Crippen LogP) is 1.99. The zero-order valence-corrected chi connectivity index (χ0v) is 8.31. The van der Waals surface area contributed by atoms with E-state index in [0.717, 1.165) is 0 Å². The van der Waals surface area contributed by atoms with Crippen LogP contribution >= 0.6 is 0 Å². The molecule has 1 rings (SSSR count). The van der Waals surface area contributed by atoms with Crippen LogP contribution in [0.2, 0.25) is 0 Å². The largest absolute Gasteiger partial charge is 0.0798 e. The summed E-state index contributed by atoms with van der Waals surface area (Å²) in [5.41, 5.74) is 2.76. The number of hydrogen-bond acceptors (Lipinski definition) is 0. The molecular weight excluding hydrogens is 144 g/mol. The van der Waals surface area contributed by atoms with E-state index < -0.39 is 0 Å². The van der Waals surface area contributed by atoms with Gasteiger partial charge in [-0.2, -0.15) is 0 Å². The first kappa shape index (κ1) is 9.05. The molecule has 1 aromatic rings. The summed E-state index contributed by atoms with van der Waals surface area (Å²) in [6.07, 6.45) is 2.16. The molecule has 64 valence electrons. The first-order valence-corrected chi connectivity index (χ1v) is 4.36. The molecular formula is C12H16. The van der Waals surface area contributed by atoms with Gasteiger partial charge in [0.15, 0.2) is 0 Å². The molecule has 0 amide bonds. The average molecular weight is 160 g/mol. The molecule has 12 heavy (non-hydrogen) atoms. The summed E-state index contributed by atoms with van der Waals surface area (Å²) in [6.45, 7) is 8.57. The number of benzene rings is 1. The van der Waals surface area contributed by atoms with Gasteiger partial charge in [-0.3, -0.25) is 0 Å². The molecule has 0 aliphatic carbocycles. The third kappa shape index (κ3) is 1.58. The van der Waals surface area contributed by atoms with Crippen LogP contribution in [-0.2, 0) is 0 Å². The normalized spacial score (nSPS) is 11.8. The fourth-order valence-electron chi connectivity index (χ4n) is 1.61. The van der Waals surface area contributed by atoms with Gasteiger partial charge < -0.3 is 0 Å². The van der Waals surface area contributed by atoms with Gasteiger partial charge in [-0.1, -0.05) is 29.8 Å². The lowest BCUT2D eigenvalue weighted by molar-refractivity contribution is 1.33. The molecule has 0 N–H and O–H groups in total. The Kier molecular flexibility index (Phi) is 2.69. The zero-order valence-electron chi connectivity index (χ0n) is 8.31. The fourth-order valence-corrected chi connectivity index (χ4v) is 1.61. The molecule has 0 radical (unpaired) electrons. The van der Waals surface area contributed by atoms with Crippen molar-refractivity contribution in [1.29, 1.82) is 0 Å². The minimum Gasteiger partial charge on any atom is -0.0798 e. The highest BCUT2D eigenvalue weighted by molar-refractivity contribution is 5.43. The molecule has 0 saturated heterocycles. The van der Waals surface area contributed by atoms with Crippen molar-refractivity contribution in [3.05, 3.63) is 34.2 Å². The second-order valence-corrected chi connectivity index (χ2v) is 3.33. The highest BCUT2D eigenvalue weighted by Crippen LogP contribution is 1.89. The monoisotopic (exact) mass is 160 g/mol. The Morgan fingerprint density at radius 1 is 1.25 bits per heavy atom. The van der Waals surface area contributed by atoms with Crippen molar-refractivity contribution in [1.82, 2.24) is 0 Å². The van der Waals surface area contributed by atoms with Crippen LogP contribution in [0.25, 0.3) is 11.6 Å². The smallest absolute Gasteiger partial charge is 0.0172 e. The average Bonchev–Trinajstić information content (AvgIpc) is 2.03. The third-order valence-electron chi connectivity index (χ3n) is 2.12. The number of aryl methyl sites for hydroxylation is 1. The third-order valence-corrected chi connectivity index (χ3v) is 2.12. The van der Waals surface area contributed by atoms with Crippen molar-refractivity contribution < 1.29 is 0 Å². The Balaban J connectivity index is 3.78.